The van der Waals surface area contributed by atoms with Gasteiger partial charge >= 0.3 is 5.97 Å². The number of ether oxygens (including phenoxy) is 1. The lowest BCUT2D eigenvalue weighted by atomic mass is 10.1. The van der Waals surface area contributed by atoms with Crippen molar-refractivity contribution < 1.29 is 19.1 Å². The average molecular weight is 383 g/mol. The van der Waals surface area contributed by atoms with Crippen LogP contribution in [0.4, 0.5) is 0 Å². The summed E-state index contributed by atoms with van der Waals surface area (Å²) >= 11 is 4.80. The van der Waals surface area contributed by atoms with E-state index in [1.165, 1.54) is 6.92 Å². The summed E-state index contributed by atoms with van der Waals surface area (Å²) in [5.41, 5.74) is 3.38. The predicted molar refractivity (Wildman–Crippen MR) is 103 cm³/mol. The first-order valence-electron chi connectivity index (χ1n) is 8.12. The van der Waals surface area contributed by atoms with Crippen molar-refractivity contribution in [2.24, 2.45) is 0 Å². The maximum absolute atomic E-state index is 12.0. The zero-order valence-corrected chi connectivity index (χ0v) is 15.8. The number of esters is 1. The van der Waals surface area contributed by atoms with Gasteiger partial charge in [-0.05, 0) is 68.0 Å². The molecule has 0 radical (unpaired) electrons. The van der Waals surface area contributed by atoms with Crippen molar-refractivity contribution in [3.05, 3.63) is 52.9 Å². The Morgan fingerprint density at radius 2 is 1.70 bits per heavy atom. The molecule has 0 saturated carbocycles. The fraction of sp³-hybridized carbons (Fsp3) is 0.158. The maximum atomic E-state index is 12.0. The number of aromatic nitrogens is 1. The fourth-order valence-corrected chi connectivity index (χ4v) is 3.11. The number of carbonyl (C=O) groups is 3. The first-order chi connectivity index (χ1) is 12.8. The lowest BCUT2D eigenvalue weighted by Crippen LogP contribution is -2.51. The summed E-state index contributed by atoms with van der Waals surface area (Å²) < 4.78 is 7.03. The molecule has 7 nitrogen and oxygen atoms in total. The maximum Gasteiger partial charge on any atom is 0.308 e. The number of aryl methyl sites for hydroxylation is 1. The first kappa shape index (κ1) is 18.5. The molecule has 2 heterocycles. The van der Waals surface area contributed by atoms with Gasteiger partial charge in [0.25, 0.3) is 11.8 Å². The minimum Gasteiger partial charge on any atom is -0.427 e. The highest BCUT2D eigenvalue weighted by molar-refractivity contribution is 7.80. The number of rotatable bonds is 3. The van der Waals surface area contributed by atoms with Crippen LogP contribution in [0.25, 0.3) is 11.8 Å². The summed E-state index contributed by atoms with van der Waals surface area (Å²) in [6, 6.07) is 8.95. The second-order valence-corrected chi connectivity index (χ2v) is 6.45. The topological polar surface area (TPSA) is 89.4 Å². The van der Waals surface area contributed by atoms with Crippen molar-refractivity contribution in [3.63, 3.8) is 0 Å². The van der Waals surface area contributed by atoms with Crippen molar-refractivity contribution in [2.45, 2.75) is 20.8 Å². The van der Waals surface area contributed by atoms with Crippen molar-refractivity contribution in [1.29, 1.82) is 0 Å². The van der Waals surface area contributed by atoms with E-state index in [0.29, 0.717) is 5.75 Å². The molecule has 1 aromatic heterocycles. The molecule has 27 heavy (non-hydrogen) atoms. The Morgan fingerprint density at radius 3 is 2.26 bits per heavy atom. The Balaban J connectivity index is 1.97. The van der Waals surface area contributed by atoms with E-state index in [1.54, 1.807) is 18.2 Å². The summed E-state index contributed by atoms with van der Waals surface area (Å²) in [7, 11) is 0. The zero-order valence-electron chi connectivity index (χ0n) is 15.0. The molecule has 0 unspecified atom stereocenters. The number of hydrogen-bond acceptors (Lipinski definition) is 5. The number of nitrogens with zero attached hydrogens (tertiary/aromatic N) is 1. The summed E-state index contributed by atoms with van der Waals surface area (Å²) in [6.45, 7) is 5.16. The van der Waals surface area contributed by atoms with Gasteiger partial charge < -0.3 is 9.30 Å². The molecule has 2 aromatic rings. The lowest BCUT2D eigenvalue weighted by Gasteiger charge is -2.16. The molecule has 1 saturated heterocycles. The molecule has 1 aliphatic rings. The van der Waals surface area contributed by atoms with Gasteiger partial charge in [0.1, 0.15) is 11.3 Å². The van der Waals surface area contributed by atoms with Gasteiger partial charge in [-0.25, -0.2) is 0 Å². The fourth-order valence-electron chi connectivity index (χ4n) is 2.92. The third kappa shape index (κ3) is 3.80. The predicted octanol–water partition coefficient (Wildman–Crippen LogP) is 1.93. The van der Waals surface area contributed by atoms with Gasteiger partial charge in [0.05, 0.1) is 0 Å². The van der Waals surface area contributed by atoms with Gasteiger partial charge in [-0.2, -0.15) is 0 Å². The first-order valence-corrected chi connectivity index (χ1v) is 8.53. The molecule has 8 heteroatoms. The molecule has 2 N–H and O–H groups in total. The highest BCUT2D eigenvalue weighted by Crippen LogP contribution is 2.24. The van der Waals surface area contributed by atoms with Crippen LogP contribution in [-0.2, 0) is 14.4 Å². The minimum atomic E-state index is -0.528. The summed E-state index contributed by atoms with van der Waals surface area (Å²) in [4.78, 5) is 35.1. The van der Waals surface area contributed by atoms with Crippen LogP contribution in [0.3, 0.4) is 0 Å². The van der Waals surface area contributed by atoms with Gasteiger partial charge in [-0.15, -0.1) is 0 Å². The highest BCUT2D eigenvalue weighted by Gasteiger charge is 2.26. The van der Waals surface area contributed by atoms with Crippen LogP contribution in [0.15, 0.2) is 35.9 Å². The molecule has 0 atom stereocenters. The van der Waals surface area contributed by atoms with E-state index in [0.717, 1.165) is 22.6 Å². The summed E-state index contributed by atoms with van der Waals surface area (Å²) in [6.07, 6.45) is 1.54. The van der Waals surface area contributed by atoms with E-state index in [1.807, 2.05) is 36.6 Å². The van der Waals surface area contributed by atoms with E-state index in [4.69, 9.17) is 17.0 Å². The van der Waals surface area contributed by atoms with Crippen molar-refractivity contribution in [2.75, 3.05) is 0 Å². The van der Waals surface area contributed by atoms with Crippen LogP contribution in [-0.4, -0.2) is 27.5 Å². The van der Waals surface area contributed by atoms with E-state index in [2.05, 4.69) is 10.6 Å². The van der Waals surface area contributed by atoms with Crippen LogP contribution in [0.1, 0.15) is 23.9 Å². The molecular formula is C19H17N3O4S. The number of nitrogens with one attached hydrogen (secondary N) is 2. The molecule has 0 aliphatic carbocycles. The van der Waals surface area contributed by atoms with Crippen LogP contribution in [0.2, 0.25) is 0 Å². The van der Waals surface area contributed by atoms with Crippen LogP contribution < -0.4 is 15.4 Å². The smallest absolute Gasteiger partial charge is 0.308 e. The molecule has 3 rings (SSSR count). The van der Waals surface area contributed by atoms with E-state index in [9.17, 15) is 14.4 Å². The molecule has 0 spiro atoms. The second kappa shape index (κ2) is 7.16. The van der Waals surface area contributed by atoms with Gasteiger partial charge in [-0.3, -0.25) is 25.0 Å². The molecule has 1 aromatic carbocycles. The zero-order chi connectivity index (χ0) is 19.7. The third-order valence-corrected chi connectivity index (χ3v) is 4.27. The van der Waals surface area contributed by atoms with Crippen molar-refractivity contribution in [1.82, 2.24) is 15.2 Å². The molecular weight excluding hydrogens is 366 g/mol. The Bertz CT molecular complexity index is 981. The monoisotopic (exact) mass is 383 g/mol. The standard InChI is InChI=1S/C19H17N3O4S/c1-10-8-13(9-16-17(24)20-19(27)21-18(16)25)11(2)22(10)14-4-6-15(7-5-14)26-12(3)23/h4-9H,1-3H3,(H2,20,21,24,25,27). The van der Waals surface area contributed by atoms with Gasteiger partial charge in [0.2, 0.25) is 0 Å². The van der Waals surface area contributed by atoms with E-state index in [-0.39, 0.29) is 16.7 Å². The van der Waals surface area contributed by atoms with E-state index >= 15 is 0 Å². The SMILES string of the molecule is CC(=O)Oc1ccc(-n2c(C)cc(C=C3C(=O)NC(=S)NC3=O)c2C)cc1. The highest BCUT2D eigenvalue weighted by atomic mass is 32.1. The number of amides is 2. The number of thiocarbonyl (C=S) groups is 1. The van der Waals surface area contributed by atoms with Gasteiger partial charge in [0, 0.05) is 24.0 Å². The number of benzene rings is 1. The summed E-state index contributed by atoms with van der Waals surface area (Å²) in [5, 5.41) is 4.84. The molecule has 138 valence electrons. The molecule has 2 amide bonds. The second-order valence-electron chi connectivity index (χ2n) is 6.04. The van der Waals surface area contributed by atoms with Gasteiger partial charge in [0.15, 0.2) is 5.11 Å². The molecule has 1 aliphatic heterocycles. The van der Waals surface area contributed by atoms with E-state index < -0.39 is 11.8 Å². The van der Waals surface area contributed by atoms with Crippen LogP contribution in [0.5, 0.6) is 5.75 Å². The quantitative estimate of drug-likeness (QED) is 0.278. The summed E-state index contributed by atoms with van der Waals surface area (Å²) in [5.74, 6) is -0.977. The Kier molecular flexibility index (Phi) is 4.91. The normalized spacial score (nSPS) is 13.9. The van der Waals surface area contributed by atoms with Crippen LogP contribution >= 0.6 is 12.2 Å². The molecule has 1 fully saturated rings. The van der Waals surface area contributed by atoms with Crippen molar-refractivity contribution in [3.8, 4) is 11.4 Å². The number of hydrogen-bond donors (Lipinski definition) is 2. The Hall–Kier alpha value is -3.26. The number of carbonyl (C=O) groups excluding carboxylic acids is 3. The average Bonchev–Trinajstić information content (AvgIpc) is 2.85. The Labute approximate surface area is 161 Å². The molecule has 0 bridgehead atoms. The largest absolute Gasteiger partial charge is 0.427 e. The van der Waals surface area contributed by atoms with Crippen molar-refractivity contribution >= 4 is 41.2 Å². The third-order valence-electron chi connectivity index (χ3n) is 4.07. The van der Waals surface area contributed by atoms with Crippen LogP contribution in [0, 0.1) is 13.8 Å². The Morgan fingerprint density at radius 1 is 1.11 bits per heavy atom. The minimum absolute atomic E-state index is 0.000456. The lowest BCUT2D eigenvalue weighted by molar-refractivity contribution is -0.132. The van der Waals surface area contributed by atoms with Gasteiger partial charge in [-0.1, -0.05) is 0 Å².